The van der Waals surface area contributed by atoms with Crippen LogP contribution in [-0.2, 0) is 0 Å². The van der Waals surface area contributed by atoms with Crippen LogP contribution in [0.3, 0.4) is 0 Å². The summed E-state index contributed by atoms with van der Waals surface area (Å²) in [5.74, 6) is 1.99. The highest BCUT2D eigenvalue weighted by Gasteiger charge is 2.26. The number of carbonyl (C=O) groups excluding carboxylic acids is 1. The first-order valence-electron chi connectivity index (χ1n) is 8.29. The number of nitrogens with zero attached hydrogens (tertiary/aromatic N) is 2. The maximum Gasteiger partial charge on any atom is 0.276 e. The molecule has 0 aliphatic carbocycles. The summed E-state index contributed by atoms with van der Waals surface area (Å²) < 4.78 is 15.7. The summed E-state index contributed by atoms with van der Waals surface area (Å²) in [6, 6.07) is 6.02. The van der Waals surface area contributed by atoms with E-state index in [0.29, 0.717) is 30.6 Å². The van der Waals surface area contributed by atoms with Crippen LogP contribution in [0.25, 0.3) is 0 Å². The third-order valence-electron chi connectivity index (χ3n) is 4.45. The number of aromatic nitrogens is 1. The number of hydrogen-bond acceptors (Lipinski definition) is 6. The van der Waals surface area contributed by atoms with E-state index in [9.17, 15) is 4.79 Å². The lowest BCUT2D eigenvalue weighted by Gasteiger charge is -2.32. The van der Waals surface area contributed by atoms with E-state index in [4.69, 9.17) is 13.9 Å². The molecule has 3 rings (SSSR count). The van der Waals surface area contributed by atoms with Crippen molar-refractivity contribution in [1.29, 1.82) is 0 Å². The number of amides is 1. The van der Waals surface area contributed by atoms with Gasteiger partial charge >= 0.3 is 0 Å². The SMILES string of the molecule is COc1cc(NC2CCN(C(=O)c3ncoc3C)CC2)cc(OC)c1. The van der Waals surface area contributed by atoms with Crippen LogP contribution in [0.1, 0.15) is 29.1 Å². The van der Waals surface area contributed by atoms with Gasteiger partial charge in [0.05, 0.1) is 14.2 Å². The molecule has 1 aliphatic rings. The minimum Gasteiger partial charge on any atom is -0.497 e. The minimum atomic E-state index is -0.0623. The number of rotatable bonds is 5. The Balaban J connectivity index is 1.59. The topological polar surface area (TPSA) is 76.8 Å². The van der Waals surface area contributed by atoms with Gasteiger partial charge in [-0.2, -0.15) is 0 Å². The maximum atomic E-state index is 12.5. The van der Waals surface area contributed by atoms with Crippen LogP contribution >= 0.6 is 0 Å². The third-order valence-corrected chi connectivity index (χ3v) is 4.45. The van der Waals surface area contributed by atoms with Crippen molar-refractivity contribution in [3.8, 4) is 11.5 Å². The van der Waals surface area contributed by atoms with E-state index >= 15 is 0 Å². The normalized spacial score (nSPS) is 15.1. The van der Waals surface area contributed by atoms with Gasteiger partial charge in [-0.1, -0.05) is 0 Å². The van der Waals surface area contributed by atoms with Crippen LogP contribution < -0.4 is 14.8 Å². The number of carbonyl (C=O) groups is 1. The molecule has 134 valence electrons. The Morgan fingerprint density at radius 3 is 2.36 bits per heavy atom. The van der Waals surface area contributed by atoms with Crippen LogP contribution in [-0.4, -0.2) is 49.1 Å². The molecule has 1 fully saturated rings. The van der Waals surface area contributed by atoms with E-state index in [0.717, 1.165) is 30.0 Å². The zero-order valence-electron chi connectivity index (χ0n) is 14.7. The second-order valence-electron chi connectivity index (χ2n) is 6.07. The average Bonchev–Trinajstić information content (AvgIpc) is 3.07. The molecular weight excluding hydrogens is 322 g/mol. The number of ether oxygens (including phenoxy) is 2. The quantitative estimate of drug-likeness (QED) is 0.898. The molecule has 2 heterocycles. The van der Waals surface area contributed by atoms with E-state index in [2.05, 4.69) is 10.3 Å². The van der Waals surface area contributed by atoms with Crippen molar-refractivity contribution in [2.24, 2.45) is 0 Å². The summed E-state index contributed by atoms with van der Waals surface area (Å²) >= 11 is 0. The third kappa shape index (κ3) is 3.87. The molecule has 1 aromatic heterocycles. The van der Waals surface area contributed by atoms with E-state index in [1.54, 1.807) is 21.1 Å². The van der Waals surface area contributed by atoms with Gasteiger partial charge in [0, 0.05) is 43.0 Å². The molecule has 0 saturated carbocycles. The zero-order chi connectivity index (χ0) is 17.8. The average molecular weight is 345 g/mol. The van der Waals surface area contributed by atoms with E-state index in [-0.39, 0.29) is 5.91 Å². The first-order valence-corrected chi connectivity index (χ1v) is 8.29. The van der Waals surface area contributed by atoms with E-state index < -0.39 is 0 Å². The number of benzene rings is 1. The Bertz CT molecular complexity index is 713. The van der Waals surface area contributed by atoms with Crippen LogP contribution in [0.4, 0.5) is 5.69 Å². The van der Waals surface area contributed by atoms with Gasteiger partial charge in [-0.3, -0.25) is 4.79 Å². The molecule has 25 heavy (non-hydrogen) atoms. The molecule has 7 heteroatoms. The fraction of sp³-hybridized carbons (Fsp3) is 0.444. The number of methoxy groups -OCH3 is 2. The Morgan fingerprint density at radius 1 is 1.20 bits per heavy atom. The van der Waals surface area contributed by atoms with Crippen molar-refractivity contribution in [3.05, 3.63) is 36.0 Å². The number of piperidine rings is 1. The fourth-order valence-electron chi connectivity index (χ4n) is 3.01. The van der Waals surface area contributed by atoms with Crippen molar-refractivity contribution in [3.63, 3.8) is 0 Å². The number of aryl methyl sites for hydroxylation is 1. The Kier molecular flexibility index (Phi) is 5.11. The summed E-state index contributed by atoms with van der Waals surface area (Å²) in [5, 5.41) is 3.50. The number of nitrogens with one attached hydrogen (secondary N) is 1. The van der Waals surface area contributed by atoms with Crippen LogP contribution in [0, 0.1) is 6.92 Å². The van der Waals surface area contributed by atoms with Gasteiger partial charge in [0.1, 0.15) is 17.3 Å². The largest absolute Gasteiger partial charge is 0.497 e. The van der Waals surface area contributed by atoms with Gasteiger partial charge in [0.25, 0.3) is 5.91 Å². The highest BCUT2D eigenvalue weighted by atomic mass is 16.5. The first-order chi connectivity index (χ1) is 12.1. The number of hydrogen-bond donors (Lipinski definition) is 1. The summed E-state index contributed by atoms with van der Waals surface area (Å²) in [7, 11) is 3.27. The molecule has 1 aromatic carbocycles. The highest BCUT2D eigenvalue weighted by Crippen LogP contribution is 2.27. The lowest BCUT2D eigenvalue weighted by atomic mass is 10.0. The van der Waals surface area contributed by atoms with Gasteiger partial charge in [0.2, 0.25) is 0 Å². The summed E-state index contributed by atoms with van der Waals surface area (Å²) in [5.41, 5.74) is 1.36. The molecule has 0 spiro atoms. The lowest BCUT2D eigenvalue weighted by Crippen LogP contribution is -2.42. The zero-order valence-corrected chi connectivity index (χ0v) is 14.7. The first kappa shape index (κ1) is 17.1. The van der Waals surface area contributed by atoms with Gasteiger partial charge in [-0.15, -0.1) is 0 Å². The van der Waals surface area contributed by atoms with E-state index in [1.165, 1.54) is 6.39 Å². The Morgan fingerprint density at radius 2 is 1.84 bits per heavy atom. The molecule has 1 N–H and O–H groups in total. The molecule has 1 aliphatic heterocycles. The van der Waals surface area contributed by atoms with Crippen molar-refractivity contribution in [1.82, 2.24) is 9.88 Å². The van der Waals surface area contributed by atoms with Crippen molar-refractivity contribution >= 4 is 11.6 Å². The molecular formula is C18H23N3O4. The second-order valence-corrected chi connectivity index (χ2v) is 6.07. The Labute approximate surface area is 146 Å². The molecule has 2 aromatic rings. The summed E-state index contributed by atoms with van der Waals surface area (Å²) in [6.45, 7) is 3.12. The molecule has 1 amide bonds. The number of likely N-dealkylation sites (tertiary alicyclic amines) is 1. The predicted molar refractivity (Wildman–Crippen MR) is 93.3 cm³/mol. The predicted octanol–water partition coefficient (Wildman–Crippen LogP) is 2.72. The fourth-order valence-corrected chi connectivity index (χ4v) is 3.01. The minimum absolute atomic E-state index is 0.0623. The second kappa shape index (κ2) is 7.46. The van der Waals surface area contributed by atoms with Gasteiger partial charge in [0.15, 0.2) is 12.1 Å². The molecule has 0 radical (unpaired) electrons. The standard InChI is InChI=1S/C18H23N3O4/c1-12-17(19-11-25-12)18(22)21-6-4-13(5-7-21)20-14-8-15(23-2)10-16(9-14)24-3/h8-11,13,20H,4-7H2,1-3H3. The van der Waals surface area contributed by atoms with Crippen LogP contribution in [0.15, 0.2) is 29.0 Å². The molecule has 0 atom stereocenters. The lowest BCUT2D eigenvalue weighted by molar-refractivity contribution is 0.0711. The number of oxazole rings is 1. The smallest absolute Gasteiger partial charge is 0.276 e. The Hall–Kier alpha value is -2.70. The van der Waals surface area contributed by atoms with Crippen molar-refractivity contribution in [2.75, 3.05) is 32.6 Å². The highest BCUT2D eigenvalue weighted by molar-refractivity contribution is 5.93. The van der Waals surface area contributed by atoms with Crippen molar-refractivity contribution < 1.29 is 18.7 Å². The van der Waals surface area contributed by atoms with Crippen LogP contribution in [0.2, 0.25) is 0 Å². The molecule has 1 saturated heterocycles. The van der Waals surface area contributed by atoms with Crippen molar-refractivity contribution in [2.45, 2.75) is 25.8 Å². The van der Waals surface area contributed by atoms with Gasteiger partial charge in [-0.25, -0.2) is 4.98 Å². The van der Waals surface area contributed by atoms with Gasteiger partial charge in [-0.05, 0) is 19.8 Å². The summed E-state index contributed by atoms with van der Waals surface area (Å²) in [6.07, 6.45) is 3.04. The van der Waals surface area contributed by atoms with Crippen LogP contribution in [0.5, 0.6) is 11.5 Å². The van der Waals surface area contributed by atoms with E-state index in [1.807, 2.05) is 23.1 Å². The summed E-state index contributed by atoms with van der Waals surface area (Å²) in [4.78, 5) is 18.3. The molecule has 0 unspecified atom stereocenters. The molecule has 7 nitrogen and oxygen atoms in total. The maximum absolute atomic E-state index is 12.5. The molecule has 0 bridgehead atoms. The van der Waals surface area contributed by atoms with Gasteiger partial charge < -0.3 is 24.1 Å². The number of anilines is 1. The monoisotopic (exact) mass is 345 g/mol.